The zero-order valence-corrected chi connectivity index (χ0v) is 15.5. The molecule has 0 aliphatic carbocycles. The molecule has 138 valence electrons. The summed E-state index contributed by atoms with van der Waals surface area (Å²) in [7, 11) is 0. The van der Waals surface area contributed by atoms with Gasteiger partial charge in [-0.3, -0.25) is 4.79 Å². The summed E-state index contributed by atoms with van der Waals surface area (Å²) in [5, 5.41) is 0.887. The molecule has 0 unspecified atom stereocenters. The third-order valence-corrected chi connectivity index (χ3v) is 4.22. The molecule has 27 heavy (non-hydrogen) atoms. The monoisotopic (exact) mass is 361 g/mol. The van der Waals surface area contributed by atoms with Gasteiger partial charge in [0.15, 0.2) is 5.76 Å². The summed E-state index contributed by atoms with van der Waals surface area (Å²) < 4.78 is 11.6. The van der Waals surface area contributed by atoms with Crippen molar-refractivity contribution >= 4 is 22.4 Å². The molecule has 0 amide bonds. The third-order valence-electron chi connectivity index (χ3n) is 4.22. The van der Waals surface area contributed by atoms with E-state index in [4.69, 9.17) is 9.15 Å². The van der Waals surface area contributed by atoms with Gasteiger partial charge in [0.05, 0.1) is 17.9 Å². The van der Waals surface area contributed by atoms with Crippen LogP contribution < -0.4 is 9.64 Å². The Balaban J connectivity index is 2.19. The van der Waals surface area contributed by atoms with Crippen molar-refractivity contribution in [2.45, 2.75) is 6.92 Å². The van der Waals surface area contributed by atoms with Crippen LogP contribution in [0.5, 0.6) is 5.75 Å². The van der Waals surface area contributed by atoms with Crippen LogP contribution in [0.25, 0.3) is 11.0 Å². The number of ketones is 1. The first kappa shape index (κ1) is 18.5. The maximum atomic E-state index is 13.4. The smallest absolute Gasteiger partial charge is 0.234 e. The van der Waals surface area contributed by atoms with Crippen LogP contribution in [0.2, 0.25) is 0 Å². The minimum atomic E-state index is -0.205. The molecule has 1 heterocycles. The van der Waals surface area contributed by atoms with Crippen LogP contribution in [0.1, 0.15) is 23.0 Å². The first-order valence-electron chi connectivity index (χ1n) is 8.96. The molecule has 0 spiro atoms. The number of rotatable bonds is 9. The molecule has 0 fully saturated rings. The zero-order chi connectivity index (χ0) is 19.2. The lowest BCUT2D eigenvalue weighted by molar-refractivity contribution is 0.101. The first-order chi connectivity index (χ1) is 13.2. The number of benzene rings is 2. The molecule has 4 heteroatoms. The molecular weight excluding hydrogens is 338 g/mol. The topological polar surface area (TPSA) is 42.7 Å². The number of carbonyl (C=O) groups excluding carboxylic acids is 1. The highest BCUT2D eigenvalue weighted by atomic mass is 16.5. The summed E-state index contributed by atoms with van der Waals surface area (Å²) in [4.78, 5) is 15.4. The Morgan fingerprint density at radius 3 is 2.44 bits per heavy atom. The summed E-state index contributed by atoms with van der Waals surface area (Å²) in [5.74, 6) is 0.644. The van der Waals surface area contributed by atoms with Gasteiger partial charge in [-0.05, 0) is 31.2 Å². The summed E-state index contributed by atoms with van der Waals surface area (Å²) in [6.45, 7) is 11.2. The molecule has 0 aliphatic heterocycles. The van der Waals surface area contributed by atoms with Crippen LogP contribution in [0.3, 0.4) is 0 Å². The number of fused-ring (bicyclic) bond motifs is 1. The molecule has 4 nitrogen and oxygen atoms in total. The minimum absolute atomic E-state index is 0.205. The first-order valence-corrected chi connectivity index (χ1v) is 8.96. The Bertz CT molecular complexity index is 961. The Morgan fingerprint density at radius 2 is 1.74 bits per heavy atom. The van der Waals surface area contributed by atoms with Gasteiger partial charge in [-0.1, -0.05) is 36.4 Å². The minimum Gasteiger partial charge on any atom is -0.493 e. The van der Waals surface area contributed by atoms with Gasteiger partial charge in [-0.2, -0.15) is 0 Å². The highest BCUT2D eigenvalue weighted by Gasteiger charge is 2.26. The number of hydrogen-bond acceptors (Lipinski definition) is 4. The number of hydrogen-bond donors (Lipinski definition) is 0. The van der Waals surface area contributed by atoms with E-state index in [1.807, 2.05) is 48.2 Å². The average molecular weight is 361 g/mol. The van der Waals surface area contributed by atoms with Gasteiger partial charge in [0.1, 0.15) is 11.3 Å². The SMILES string of the molecule is C=CCN(CC=C)c1c(C(=O)c2ccccc2OCC)oc2ccccc12. The van der Waals surface area contributed by atoms with Crippen molar-refractivity contribution in [1.82, 2.24) is 0 Å². The summed E-state index contributed by atoms with van der Waals surface area (Å²) in [6, 6.07) is 14.9. The van der Waals surface area contributed by atoms with Gasteiger partial charge in [-0.25, -0.2) is 0 Å². The van der Waals surface area contributed by atoms with E-state index >= 15 is 0 Å². The van der Waals surface area contributed by atoms with E-state index in [0.29, 0.717) is 42.4 Å². The fourth-order valence-corrected chi connectivity index (χ4v) is 3.13. The normalized spacial score (nSPS) is 10.6. The van der Waals surface area contributed by atoms with Gasteiger partial charge in [0.2, 0.25) is 5.78 Å². The van der Waals surface area contributed by atoms with E-state index in [2.05, 4.69) is 13.2 Å². The number of nitrogens with zero attached hydrogens (tertiary/aromatic N) is 1. The van der Waals surface area contributed by atoms with Crippen molar-refractivity contribution in [3.63, 3.8) is 0 Å². The van der Waals surface area contributed by atoms with E-state index in [-0.39, 0.29) is 5.78 Å². The molecule has 0 saturated heterocycles. The largest absolute Gasteiger partial charge is 0.493 e. The highest BCUT2D eigenvalue weighted by molar-refractivity contribution is 6.16. The van der Waals surface area contributed by atoms with E-state index in [1.54, 1.807) is 24.3 Å². The fraction of sp³-hybridized carbons (Fsp3) is 0.174. The predicted molar refractivity (Wildman–Crippen MR) is 110 cm³/mol. The molecule has 0 atom stereocenters. The Hall–Kier alpha value is -3.27. The number of furan rings is 1. The third kappa shape index (κ3) is 3.65. The van der Waals surface area contributed by atoms with Gasteiger partial charge in [0.25, 0.3) is 0 Å². The van der Waals surface area contributed by atoms with E-state index in [9.17, 15) is 4.79 Å². The van der Waals surface area contributed by atoms with Crippen LogP contribution in [0.4, 0.5) is 5.69 Å². The molecule has 0 radical (unpaired) electrons. The average Bonchev–Trinajstić information content (AvgIpc) is 3.07. The summed E-state index contributed by atoms with van der Waals surface area (Å²) >= 11 is 0. The highest BCUT2D eigenvalue weighted by Crippen LogP contribution is 2.36. The molecule has 0 bridgehead atoms. The number of carbonyl (C=O) groups is 1. The Kier molecular flexibility index (Phi) is 5.77. The van der Waals surface area contributed by atoms with Gasteiger partial charge >= 0.3 is 0 Å². The second kappa shape index (κ2) is 8.41. The lowest BCUT2D eigenvalue weighted by Gasteiger charge is -2.21. The van der Waals surface area contributed by atoms with Crippen molar-refractivity contribution in [1.29, 1.82) is 0 Å². The van der Waals surface area contributed by atoms with Crippen LogP contribution in [0.15, 0.2) is 78.3 Å². The van der Waals surface area contributed by atoms with Crippen LogP contribution in [-0.4, -0.2) is 25.5 Å². The van der Waals surface area contributed by atoms with Crippen molar-refractivity contribution < 1.29 is 13.9 Å². The van der Waals surface area contributed by atoms with Crippen molar-refractivity contribution in [2.75, 3.05) is 24.6 Å². The fourth-order valence-electron chi connectivity index (χ4n) is 3.13. The van der Waals surface area contributed by atoms with E-state index in [0.717, 1.165) is 11.1 Å². The standard InChI is InChI=1S/C23H23NO3/c1-4-15-24(16-5-2)21-17-11-7-10-14-20(17)27-23(21)22(25)18-12-8-9-13-19(18)26-6-3/h4-5,7-14H,1-2,6,15-16H2,3H3. The number of anilines is 1. The second-order valence-electron chi connectivity index (χ2n) is 6.02. The molecular formula is C23H23NO3. The lowest BCUT2D eigenvalue weighted by atomic mass is 10.1. The van der Waals surface area contributed by atoms with Crippen molar-refractivity contribution in [3.05, 3.63) is 85.2 Å². The molecule has 2 aromatic carbocycles. The van der Waals surface area contributed by atoms with Crippen molar-refractivity contribution in [2.24, 2.45) is 0 Å². The van der Waals surface area contributed by atoms with Gasteiger partial charge in [-0.15, -0.1) is 13.2 Å². The Labute approximate surface area is 159 Å². The number of ether oxygens (including phenoxy) is 1. The maximum Gasteiger partial charge on any atom is 0.234 e. The molecule has 3 rings (SSSR count). The van der Waals surface area contributed by atoms with Crippen LogP contribution in [-0.2, 0) is 0 Å². The number of para-hydroxylation sites is 2. The molecule has 1 aromatic heterocycles. The lowest BCUT2D eigenvalue weighted by Crippen LogP contribution is -2.24. The summed E-state index contributed by atoms with van der Waals surface area (Å²) in [6.07, 6.45) is 3.60. The Morgan fingerprint density at radius 1 is 1.07 bits per heavy atom. The predicted octanol–water partition coefficient (Wildman–Crippen LogP) is 5.24. The second-order valence-corrected chi connectivity index (χ2v) is 6.02. The van der Waals surface area contributed by atoms with E-state index < -0.39 is 0 Å². The maximum absolute atomic E-state index is 13.4. The zero-order valence-electron chi connectivity index (χ0n) is 15.5. The van der Waals surface area contributed by atoms with E-state index in [1.165, 1.54) is 0 Å². The summed E-state index contributed by atoms with van der Waals surface area (Å²) in [5.41, 5.74) is 1.90. The van der Waals surface area contributed by atoms with Crippen LogP contribution in [0, 0.1) is 0 Å². The van der Waals surface area contributed by atoms with Crippen molar-refractivity contribution in [3.8, 4) is 5.75 Å². The molecule has 0 aliphatic rings. The van der Waals surface area contributed by atoms with Crippen LogP contribution >= 0.6 is 0 Å². The van der Waals surface area contributed by atoms with Gasteiger partial charge in [0, 0.05) is 18.5 Å². The molecule has 0 saturated carbocycles. The quantitative estimate of drug-likeness (QED) is 0.386. The molecule has 0 N–H and O–H groups in total. The molecule has 3 aromatic rings. The van der Waals surface area contributed by atoms with Gasteiger partial charge < -0.3 is 14.1 Å².